The highest BCUT2D eigenvalue weighted by Crippen LogP contribution is 2.30. The highest BCUT2D eigenvalue weighted by atomic mass is 32.2. The lowest BCUT2D eigenvalue weighted by atomic mass is 10.2. The quantitative estimate of drug-likeness (QED) is 0.897. The Bertz CT molecular complexity index is 879. The molecule has 0 radical (unpaired) electrons. The summed E-state index contributed by atoms with van der Waals surface area (Å²) in [5.74, 6) is -0.0413. The third-order valence-electron chi connectivity index (χ3n) is 3.93. The standard InChI is InChI=1S/C16H18N4O3S/c1-11-3-4-14(19-18-11)10-17-24(22,23)15-5-6-16-13(9-15)7-8-20(16)12(2)21/h3-6,9,17H,7-8,10H2,1-2H3. The molecule has 0 aliphatic carbocycles. The van der Waals surface area contributed by atoms with Gasteiger partial charge in [0.2, 0.25) is 15.9 Å². The molecular weight excluding hydrogens is 328 g/mol. The lowest BCUT2D eigenvalue weighted by molar-refractivity contribution is -0.116. The van der Waals surface area contributed by atoms with Crippen LogP contribution in [-0.2, 0) is 27.8 Å². The Morgan fingerprint density at radius 1 is 1.25 bits per heavy atom. The van der Waals surface area contributed by atoms with E-state index in [2.05, 4.69) is 14.9 Å². The molecule has 1 aromatic heterocycles. The minimum atomic E-state index is -3.65. The van der Waals surface area contributed by atoms with Crippen molar-refractivity contribution in [3.05, 3.63) is 47.3 Å². The first kappa shape index (κ1) is 16.5. The van der Waals surface area contributed by atoms with E-state index >= 15 is 0 Å². The van der Waals surface area contributed by atoms with Gasteiger partial charge in [0.15, 0.2) is 0 Å². The number of nitrogens with one attached hydrogen (secondary N) is 1. The molecule has 1 amide bonds. The molecule has 0 unspecified atom stereocenters. The lowest BCUT2D eigenvalue weighted by Crippen LogP contribution is -2.26. The molecule has 0 atom stereocenters. The second-order valence-electron chi connectivity index (χ2n) is 5.70. The predicted molar refractivity (Wildman–Crippen MR) is 89.0 cm³/mol. The van der Waals surface area contributed by atoms with Crippen molar-refractivity contribution in [1.29, 1.82) is 0 Å². The van der Waals surface area contributed by atoms with Gasteiger partial charge in [-0.3, -0.25) is 4.79 Å². The van der Waals surface area contributed by atoms with Crippen molar-refractivity contribution < 1.29 is 13.2 Å². The van der Waals surface area contributed by atoms with Crippen LogP contribution in [0.4, 0.5) is 5.69 Å². The topological polar surface area (TPSA) is 92.3 Å². The van der Waals surface area contributed by atoms with Crippen LogP contribution in [0.25, 0.3) is 0 Å². The van der Waals surface area contributed by atoms with Crippen molar-refractivity contribution in [2.45, 2.75) is 31.7 Å². The zero-order valence-electron chi connectivity index (χ0n) is 13.5. The molecule has 1 aliphatic rings. The minimum absolute atomic E-state index is 0.0413. The van der Waals surface area contributed by atoms with Crippen LogP contribution in [0.2, 0.25) is 0 Å². The summed E-state index contributed by atoms with van der Waals surface area (Å²) in [6, 6.07) is 8.34. The maximum absolute atomic E-state index is 12.4. The third-order valence-corrected chi connectivity index (χ3v) is 5.33. The second-order valence-corrected chi connectivity index (χ2v) is 7.47. The van der Waals surface area contributed by atoms with Crippen LogP contribution in [0.15, 0.2) is 35.2 Å². The molecule has 2 heterocycles. The van der Waals surface area contributed by atoms with E-state index in [0.29, 0.717) is 18.7 Å². The van der Waals surface area contributed by atoms with Gasteiger partial charge in [0, 0.05) is 19.2 Å². The molecule has 0 saturated carbocycles. The van der Waals surface area contributed by atoms with E-state index in [4.69, 9.17) is 0 Å². The highest BCUT2D eigenvalue weighted by Gasteiger charge is 2.24. The number of amides is 1. The smallest absolute Gasteiger partial charge is 0.240 e. The van der Waals surface area contributed by atoms with Gasteiger partial charge in [0.05, 0.1) is 22.8 Å². The summed E-state index contributed by atoms with van der Waals surface area (Å²) in [6.45, 7) is 3.98. The average Bonchev–Trinajstić information content (AvgIpc) is 2.97. The molecule has 0 fully saturated rings. The number of hydrogen-bond donors (Lipinski definition) is 1. The molecule has 8 heteroatoms. The van der Waals surface area contributed by atoms with Crippen LogP contribution < -0.4 is 9.62 Å². The molecule has 0 saturated heterocycles. The van der Waals surface area contributed by atoms with Crippen LogP contribution in [-0.4, -0.2) is 31.1 Å². The fraction of sp³-hybridized carbons (Fsp3) is 0.312. The van der Waals surface area contributed by atoms with Crippen LogP contribution in [0, 0.1) is 6.92 Å². The molecule has 1 aliphatic heterocycles. The van der Waals surface area contributed by atoms with Crippen molar-refractivity contribution in [3.8, 4) is 0 Å². The van der Waals surface area contributed by atoms with Gasteiger partial charge in [-0.25, -0.2) is 13.1 Å². The highest BCUT2D eigenvalue weighted by molar-refractivity contribution is 7.89. The molecule has 3 rings (SSSR count). The number of carbonyl (C=O) groups excluding carboxylic acids is 1. The molecule has 24 heavy (non-hydrogen) atoms. The number of hydrogen-bond acceptors (Lipinski definition) is 5. The van der Waals surface area contributed by atoms with Gasteiger partial charge in [-0.2, -0.15) is 10.2 Å². The monoisotopic (exact) mass is 346 g/mol. The first-order valence-corrected chi connectivity index (χ1v) is 9.05. The van der Waals surface area contributed by atoms with Gasteiger partial charge in [0.1, 0.15) is 0 Å². The second kappa shape index (κ2) is 6.29. The average molecular weight is 346 g/mol. The van der Waals surface area contributed by atoms with E-state index in [0.717, 1.165) is 16.9 Å². The van der Waals surface area contributed by atoms with Crippen molar-refractivity contribution in [1.82, 2.24) is 14.9 Å². The molecule has 7 nitrogen and oxygen atoms in total. The fourth-order valence-electron chi connectivity index (χ4n) is 2.65. The van der Waals surface area contributed by atoms with Crippen molar-refractivity contribution in [2.24, 2.45) is 0 Å². The molecule has 0 spiro atoms. The minimum Gasteiger partial charge on any atom is -0.312 e. The molecule has 1 N–H and O–H groups in total. The summed E-state index contributed by atoms with van der Waals surface area (Å²) in [5.41, 5.74) is 2.97. The molecule has 126 valence electrons. The Hall–Kier alpha value is -2.32. The third kappa shape index (κ3) is 3.29. The van der Waals surface area contributed by atoms with Gasteiger partial charge >= 0.3 is 0 Å². The number of rotatable bonds is 4. The summed E-state index contributed by atoms with van der Waals surface area (Å²) in [7, 11) is -3.65. The lowest BCUT2D eigenvalue weighted by Gasteiger charge is -2.15. The molecule has 1 aromatic carbocycles. The number of aryl methyl sites for hydroxylation is 1. The Morgan fingerprint density at radius 3 is 2.71 bits per heavy atom. The largest absolute Gasteiger partial charge is 0.312 e. The maximum Gasteiger partial charge on any atom is 0.240 e. The number of nitrogens with zero attached hydrogens (tertiary/aromatic N) is 3. The molecule has 0 bridgehead atoms. The first-order chi connectivity index (χ1) is 11.4. The van der Waals surface area contributed by atoms with Crippen molar-refractivity contribution in [3.63, 3.8) is 0 Å². The van der Waals surface area contributed by atoms with Gasteiger partial charge in [0.25, 0.3) is 0 Å². The summed E-state index contributed by atoms with van der Waals surface area (Å²) in [6.07, 6.45) is 0.654. The van der Waals surface area contributed by atoms with E-state index in [1.54, 1.807) is 29.2 Å². The van der Waals surface area contributed by atoms with Crippen LogP contribution in [0.3, 0.4) is 0 Å². The molecule has 2 aromatic rings. The van der Waals surface area contributed by atoms with E-state index in [-0.39, 0.29) is 17.3 Å². The summed E-state index contributed by atoms with van der Waals surface area (Å²) < 4.78 is 27.4. The molecular formula is C16H18N4O3S. The van der Waals surface area contributed by atoms with Gasteiger partial charge in [-0.05, 0) is 49.2 Å². The van der Waals surface area contributed by atoms with Crippen molar-refractivity contribution >= 4 is 21.6 Å². The number of anilines is 1. The summed E-state index contributed by atoms with van der Waals surface area (Å²) >= 11 is 0. The van der Waals surface area contributed by atoms with Crippen LogP contribution in [0.1, 0.15) is 23.9 Å². The van der Waals surface area contributed by atoms with E-state index in [9.17, 15) is 13.2 Å². The Labute approximate surface area is 140 Å². The SMILES string of the molecule is CC(=O)N1CCc2cc(S(=O)(=O)NCc3ccc(C)nn3)ccc21. The number of carbonyl (C=O) groups is 1. The summed E-state index contributed by atoms with van der Waals surface area (Å²) in [5, 5.41) is 7.84. The van der Waals surface area contributed by atoms with E-state index < -0.39 is 10.0 Å². The number of aromatic nitrogens is 2. The fourth-order valence-corrected chi connectivity index (χ4v) is 3.69. The van der Waals surface area contributed by atoms with E-state index in [1.807, 2.05) is 6.92 Å². The Balaban J connectivity index is 1.78. The Morgan fingerprint density at radius 2 is 2.04 bits per heavy atom. The zero-order chi connectivity index (χ0) is 17.3. The zero-order valence-corrected chi connectivity index (χ0v) is 14.3. The maximum atomic E-state index is 12.4. The number of benzene rings is 1. The van der Waals surface area contributed by atoms with Gasteiger partial charge in [-0.1, -0.05) is 0 Å². The van der Waals surface area contributed by atoms with Gasteiger partial charge in [-0.15, -0.1) is 0 Å². The number of sulfonamides is 1. The van der Waals surface area contributed by atoms with Crippen LogP contribution >= 0.6 is 0 Å². The predicted octanol–water partition coefficient (Wildman–Crippen LogP) is 1.17. The number of fused-ring (bicyclic) bond motifs is 1. The first-order valence-electron chi connectivity index (χ1n) is 7.57. The van der Waals surface area contributed by atoms with Gasteiger partial charge < -0.3 is 4.90 Å². The normalized spacial score (nSPS) is 13.8. The Kier molecular flexibility index (Phi) is 4.33. The van der Waals surface area contributed by atoms with E-state index in [1.165, 1.54) is 13.0 Å². The summed E-state index contributed by atoms with van der Waals surface area (Å²) in [4.78, 5) is 13.4. The van der Waals surface area contributed by atoms with Crippen molar-refractivity contribution in [2.75, 3.05) is 11.4 Å². The van der Waals surface area contributed by atoms with Crippen LogP contribution in [0.5, 0.6) is 0 Å².